The van der Waals surface area contributed by atoms with Crippen LogP contribution in [0.25, 0.3) is 98.7 Å². The minimum absolute atomic E-state index is 1.10. The van der Waals surface area contributed by atoms with Crippen LogP contribution in [0.4, 0.5) is 17.1 Å². The first-order chi connectivity index (χ1) is 32.2. The van der Waals surface area contributed by atoms with Gasteiger partial charge >= 0.3 is 0 Å². The van der Waals surface area contributed by atoms with Crippen LogP contribution in [0.3, 0.4) is 0 Å². The second-order valence-electron chi connectivity index (χ2n) is 16.9. The minimum atomic E-state index is 1.10. The van der Waals surface area contributed by atoms with Crippen molar-refractivity contribution in [2.45, 2.75) is 0 Å². The van der Waals surface area contributed by atoms with Gasteiger partial charge in [0.2, 0.25) is 0 Å². The summed E-state index contributed by atoms with van der Waals surface area (Å²) in [6.45, 7) is 0. The van der Waals surface area contributed by atoms with E-state index in [0.717, 1.165) is 17.1 Å². The summed E-state index contributed by atoms with van der Waals surface area (Å²) in [5, 5.41) is 10.1. The van der Waals surface area contributed by atoms with Crippen LogP contribution in [0, 0.1) is 0 Å². The summed E-state index contributed by atoms with van der Waals surface area (Å²) >= 11 is 0. The zero-order valence-corrected chi connectivity index (χ0v) is 35.8. The standard InChI is InChI=1S/C64H43N/c1-2-12-54-43-55(28-25-44(54)9-1)49-21-19-45(20-22-49)47-29-36-56(37-30-47)65(58-40-33-53(34-41-58)62-17-8-18-63-61-15-6-4-11-51(61)35-42-64(62)63)57-38-31-48(32-39-57)46-23-26-52(27-24-46)60-16-7-13-50-10-3-5-14-59(50)60/h1-43H. The first-order valence-electron chi connectivity index (χ1n) is 22.4. The molecule has 0 aliphatic heterocycles. The first kappa shape index (κ1) is 38.2. The number of fused-ring (bicyclic) bond motifs is 5. The highest BCUT2D eigenvalue weighted by Crippen LogP contribution is 2.40. The molecular weight excluding hydrogens is 783 g/mol. The molecule has 0 saturated heterocycles. The molecule has 0 aromatic heterocycles. The molecule has 0 aliphatic carbocycles. The zero-order chi connectivity index (χ0) is 43.1. The average molecular weight is 826 g/mol. The molecule has 304 valence electrons. The maximum absolute atomic E-state index is 2.36. The molecule has 0 spiro atoms. The Morgan fingerprint density at radius 2 is 0.538 bits per heavy atom. The van der Waals surface area contributed by atoms with Gasteiger partial charge in [0, 0.05) is 17.1 Å². The topological polar surface area (TPSA) is 3.24 Å². The number of hydrogen-bond donors (Lipinski definition) is 0. The van der Waals surface area contributed by atoms with Gasteiger partial charge in [-0.1, -0.05) is 218 Å². The smallest absolute Gasteiger partial charge is 0.0462 e. The molecule has 12 aromatic carbocycles. The fraction of sp³-hybridized carbons (Fsp3) is 0. The van der Waals surface area contributed by atoms with Crippen molar-refractivity contribution >= 4 is 60.2 Å². The highest BCUT2D eigenvalue weighted by Gasteiger charge is 2.15. The second kappa shape index (κ2) is 16.3. The van der Waals surface area contributed by atoms with Crippen LogP contribution in [-0.4, -0.2) is 0 Å². The largest absolute Gasteiger partial charge is 0.311 e. The summed E-state index contributed by atoms with van der Waals surface area (Å²) in [6, 6.07) is 95.1. The van der Waals surface area contributed by atoms with E-state index < -0.39 is 0 Å². The van der Waals surface area contributed by atoms with Gasteiger partial charge in [-0.3, -0.25) is 0 Å². The van der Waals surface area contributed by atoms with Gasteiger partial charge in [-0.25, -0.2) is 0 Å². The van der Waals surface area contributed by atoms with Crippen molar-refractivity contribution in [1.29, 1.82) is 0 Å². The predicted octanol–water partition coefficient (Wildman–Crippen LogP) is 18.1. The minimum Gasteiger partial charge on any atom is -0.311 e. The monoisotopic (exact) mass is 825 g/mol. The predicted molar refractivity (Wildman–Crippen MR) is 278 cm³/mol. The van der Waals surface area contributed by atoms with Crippen LogP contribution in [0.5, 0.6) is 0 Å². The average Bonchev–Trinajstić information content (AvgIpc) is 3.39. The Labute approximate surface area is 379 Å². The van der Waals surface area contributed by atoms with Crippen molar-refractivity contribution < 1.29 is 0 Å². The quantitative estimate of drug-likeness (QED) is 0.138. The van der Waals surface area contributed by atoms with Gasteiger partial charge in [0.25, 0.3) is 0 Å². The normalized spacial score (nSPS) is 11.4. The number of nitrogens with zero attached hydrogens (tertiary/aromatic N) is 1. The van der Waals surface area contributed by atoms with Crippen molar-refractivity contribution in [2.24, 2.45) is 0 Å². The second-order valence-corrected chi connectivity index (χ2v) is 16.9. The lowest BCUT2D eigenvalue weighted by molar-refractivity contribution is 1.28. The number of benzene rings is 12. The van der Waals surface area contributed by atoms with E-state index in [2.05, 4.69) is 266 Å². The Morgan fingerprint density at radius 3 is 1.12 bits per heavy atom. The number of anilines is 3. The molecule has 0 fully saturated rings. The van der Waals surface area contributed by atoms with Crippen LogP contribution < -0.4 is 4.90 Å². The van der Waals surface area contributed by atoms with Crippen molar-refractivity contribution in [3.8, 4) is 55.6 Å². The van der Waals surface area contributed by atoms with E-state index in [4.69, 9.17) is 0 Å². The molecule has 0 heterocycles. The third kappa shape index (κ3) is 7.20. The molecule has 0 saturated carbocycles. The summed E-state index contributed by atoms with van der Waals surface area (Å²) in [5.74, 6) is 0. The molecule has 65 heavy (non-hydrogen) atoms. The van der Waals surface area contributed by atoms with Gasteiger partial charge in [0.05, 0.1) is 0 Å². The van der Waals surface area contributed by atoms with Crippen molar-refractivity contribution in [3.63, 3.8) is 0 Å². The molecule has 0 aliphatic rings. The Morgan fingerprint density at radius 1 is 0.185 bits per heavy atom. The highest BCUT2D eigenvalue weighted by atomic mass is 15.1. The molecular formula is C64H43N. The Kier molecular flexibility index (Phi) is 9.58. The van der Waals surface area contributed by atoms with Crippen molar-refractivity contribution in [3.05, 3.63) is 261 Å². The molecule has 0 radical (unpaired) electrons. The fourth-order valence-electron chi connectivity index (χ4n) is 9.68. The molecule has 12 aromatic rings. The lowest BCUT2D eigenvalue weighted by Gasteiger charge is -2.26. The van der Waals surface area contributed by atoms with E-state index in [0.29, 0.717) is 0 Å². The summed E-state index contributed by atoms with van der Waals surface area (Å²) in [7, 11) is 0. The Bertz CT molecular complexity index is 3650. The lowest BCUT2D eigenvalue weighted by Crippen LogP contribution is -2.09. The molecule has 0 amide bonds. The molecule has 1 heteroatoms. The Balaban J connectivity index is 0.874. The third-order valence-electron chi connectivity index (χ3n) is 13.1. The molecule has 0 unspecified atom stereocenters. The first-order valence-corrected chi connectivity index (χ1v) is 22.4. The van der Waals surface area contributed by atoms with Gasteiger partial charge in [0.1, 0.15) is 0 Å². The molecule has 0 atom stereocenters. The highest BCUT2D eigenvalue weighted by molar-refractivity contribution is 6.12. The van der Waals surface area contributed by atoms with Gasteiger partial charge in [0.15, 0.2) is 0 Å². The van der Waals surface area contributed by atoms with Crippen molar-refractivity contribution in [1.82, 2.24) is 0 Å². The molecule has 1 nitrogen and oxygen atoms in total. The fourth-order valence-corrected chi connectivity index (χ4v) is 9.68. The van der Waals surface area contributed by atoms with E-state index in [-0.39, 0.29) is 0 Å². The summed E-state index contributed by atoms with van der Waals surface area (Å²) < 4.78 is 0. The maximum Gasteiger partial charge on any atom is 0.0462 e. The third-order valence-corrected chi connectivity index (χ3v) is 13.1. The summed E-state index contributed by atoms with van der Waals surface area (Å²) in [4.78, 5) is 2.36. The van der Waals surface area contributed by atoms with Gasteiger partial charge in [-0.05, 0) is 141 Å². The number of rotatable bonds is 8. The van der Waals surface area contributed by atoms with Gasteiger partial charge in [-0.2, -0.15) is 0 Å². The molecule has 12 rings (SSSR count). The Hall–Kier alpha value is -8.52. The molecule has 0 N–H and O–H groups in total. The van der Waals surface area contributed by atoms with E-state index in [9.17, 15) is 0 Å². The molecule has 0 bridgehead atoms. The van der Waals surface area contributed by atoms with E-state index >= 15 is 0 Å². The van der Waals surface area contributed by atoms with E-state index in [1.807, 2.05) is 0 Å². The lowest BCUT2D eigenvalue weighted by atomic mass is 9.94. The summed E-state index contributed by atoms with van der Waals surface area (Å²) in [5.41, 5.74) is 15.4. The maximum atomic E-state index is 2.36. The van der Waals surface area contributed by atoms with E-state index in [1.165, 1.54) is 98.7 Å². The van der Waals surface area contributed by atoms with Gasteiger partial charge in [-0.15, -0.1) is 0 Å². The van der Waals surface area contributed by atoms with Crippen LogP contribution in [0.1, 0.15) is 0 Å². The number of hydrogen-bond acceptors (Lipinski definition) is 1. The van der Waals surface area contributed by atoms with Crippen LogP contribution in [-0.2, 0) is 0 Å². The SMILES string of the molecule is c1ccc2cc(-c3ccc(-c4ccc(N(c5ccc(-c6ccc(-c7cccc8ccccc78)cc6)cc5)c5ccc(-c6cccc7c6ccc6ccccc67)cc5)cc4)cc3)ccc2c1. The van der Waals surface area contributed by atoms with Crippen LogP contribution in [0.2, 0.25) is 0 Å². The van der Waals surface area contributed by atoms with E-state index in [1.54, 1.807) is 0 Å². The van der Waals surface area contributed by atoms with Crippen LogP contribution in [0.15, 0.2) is 261 Å². The van der Waals surface area contributed by atoms with Crippen molar-refractivity contribution in [2.75, 3.05) is 4.90 Å². The summed E-state index contributed by atoms with van der Waals surface area (Å²) in [6.07, 6.45) is 0. The zero-order valence-electron chi connectivity index (χ0n) is 35.8. The van der Waals surface area contributed by atoms with Crippen LogP contribution >= 0.6 is 0 Å². The van der Waals surface area contributed by atoms with Gasteiger partial charge < -0.3 is 4.90 Å².